The van der Waals surface area contributed by atoms with Gasteiger partial charge in [-0.1, -0.05) is 84.9 Å². The van der Waals surface area contributed by atoms with Gasteiger partial charge in [0.05, 0.1) is 5.92 Å². The first-order chi connectivity index (χ1) is 15.3. The molecule has 1 aliphatic rings. The second kappa shape index (κ2) is 8.75. The molecule has 2 N–H and O–H groups in total. The Bertz CT molecular complexity index is 1180. The Hall–Kier alpha value is -3.43. The van der Waals surface area contributed by atoms with Crippen LogP contribution in [0.5, 0.6) is 0 Å². The topological polar surface area (TPSA) is 41.1 Å². The van der Waals surface area contributed by atoms with Gasteiger partial charge in [-0.05, 0) is 58.5 Å². The number of hydrogen-bond donors (Lipinski definition) is 2. The lowest BCUT2D eigenvalue weighted by Crippen LogP contribution is -2.42. The maximum atomic E-state index is 13.2. The van der Waals surface area contributed by atoms with Crippen molar-refractivity contribution in [3.05, 3.63) is 103 Å². The van der Waals surface area contributed by atoms with Gasteiger partial charge in [0.1, 0.15) is 0 Å². The number of carbonyl (C=O) groups is 1. The second-order valence-corrected chi connectivity index (χ2v) is 8.24. The van der Waals surface area contributed by atoms with Crippen LogP contribution in [0.1, 0.15) is 17.9 Å². The average Bonchev–Trinajstić information content (AvgIpc) is 2.84. The van der Waals surface area contributed by atoms with Crippen molar-refractivity contribution in [2.45, 2.75) is 12.3 Å². The van der Waals surface area contributed by atoms with E-state index in [2.05, 4.69) is 77.4 Å². The maximum Gasteiger partial charge on any atom is 0.229 e. The quantitative estimate of drug-likeness (QED) is 0.447. The number of rotatable bonds is 4. The Morgan fingerprint density at radius 3 is 2.29 bits per heavy atom. The minimum absolute atomic E-state index is 0.0830. The van der Waals surface area contributed by atoms with Crippen molar-refractivity contribution < 1.29 is 4.79 Å². The molecule has 1 fully saturated rings. The molecule has 2 unspecified atom stereocenters. The second-order valence-electron chi connectivity index (χ2n) is 8.24. The van der Waals surface area contributed by atoms with Crippen molar-refractivity contribution in [2.24, 2.45) is 5.92 Å². The Morgan fingerprint density at radius 2 is 1.48 bits per heavy atom. The molecule has 5 rings (SSSR count). The van der Waals surface area contributed by atoms with Gasteiger partial charge in [0.2, 0.25) is 5.91 Å². The van der Waals surface area contributed by atoms with Gasteiger partial charge in [0.15, 0.2) is 0 Å². The number of hydrogen-bond acceptors (Lipinski definition) is 2. The predicted molar refractivity (Wildman–Crippen MR) is 128 cm³/mol. The molecule has 0 bridgehead atoms. The summed E-state index contributed by atoms with van der Waals surface area (Å²) < 4.78 is 0. The SMILES string of the molecule is O=C(Nc1ccc2ccccc2c1)C1CNCCC1c1ccc(-c2ccccc2)cc1. The number of benzene rings is 4. The van der Waals surface area contributed by atoms with Crippen molar-refractivity contribution >= 4 is 22.4 Å². The molecule has 0 aliphatic carbocycles. The monoisotopic (exact) mass is 406 g/mol. The molecule has 31 heavy (non-hydrogen) atoms. The molecule has 3 heteroatoms. The molecule has 0 spiro atoms. The van der Waals surface area contributed by atoms with E-state index in [-0.39, 0.29) is 17.7 Å². The molecule has 0 saturated carbocycles. The number of anilines is 1. The molecule has 0 aromatic heterocycles. The fraction of sp³-hybridized carbons (Fsp3) is 0.179. The maximum absolute atomic E-state index is 13.2. The van der Waals surface area contributed by atoms with Crippen LogP contribution in [0.15, 0.2) is 97.1 Å². The van der Waals surface area contributed by atoms with Crippen LogP contribution in [0, 0.1) is 5.92 Å². The van der Waals surface area contributed by atoms with Crippen molar-refractivity contribution in [2.75, 3.05) is 18.4 Å². The number of piperidine rings is 1. The first-order valence-electron chi connectivity index (χ1n) is 10.9. The van der Waals surface area contributed by atoms with E-state index in [9.17, 15) is 4.79 Å². The summed E-state index contributed by atoms with van der Waals surface area (Å²) in [6.07, 6.45) is 0.959. The van der Waals surface area contributed by atoms with E-state index in [1.165, 1.54) is 22.1 Å². The van der Waals surface area contributed by atoms with Crippen molar-refractivity contribution in [1.82, 2.24) is 5.32 Å². The first kappa shape index (κ1) is 19.5. The predicted octanol–water partition coefficient (Wildman–Crippen LogP) is 5.84. The largest absolute Gasteiger partial charge is 0.326 e. The summed E-state index contributed by atoms with van der Waals surface area (Å²) in [6.45, 7) is 1.63. The highest BCUT2D eigenvalue weighted by Gasteiger charge is 2.32. The third kappa shape index (κ3) is 4.23. The van der Waals surface area contributed by atoms with E-state index in [0.717, 1.165) is 24.0 Å². The fourth-order valence-corrected chi connectivity index (χ4v) is 4.59. The van der Waals surface area contributed by atoms with Crippen LogP contribution in [0.4, 0.5) is 5.69 Å². The van der Waals surface area contributed by atoms with Gasteiger partial charge in [0.25, 0.3) is 0 Å². The summed E-state index contributed by atoms with van der Waals surface area (Å²) in [5.41, 5.74) is 4.51. The molecule has 1 heterocycles. The normalized spacial score (nSPS) is 18.6. The fourth-order valence-electron chi connectivity index (χ4n) is 4.59. The molecule has 3 nitrogen and oxygen atoms in total. The summed E-state index contributed by atoms with van der Waals surface area (Å²) in [6, 6.07) is 33.4. The number of amides is 1. The number of nitrogens with one attached hydrogen (secondary N) is 2. The van der Waals surface area contributed by atoms with Crippen molar-refractivity contribution in [3.8, 4) is 11.1 Å². The Morgan fingerprint density at radius 1 is 0.774 bits per heavy atom. The number of carbonyl (C=O) groups excluding carboxylic acids is 1. The van der Waals surface area contributed by atoms with E-state index < -0.39 is 0 Å². The summed E-state index contributed by atoms with van der Waals surface area (Å²) in [4.78, 5) is 13.2. The smallest absolute Gasteiger partial charge is 0.229 e. The molecule has 4 aromatic rings. The minimum atomic E-state index is -0.0946. The highest BCUT2D eigenvalue weighted by molar-refractivity contribution is 5.96. The Balaban J connectivity index is 1.35. The Kier molecular flexibility index (Phi) is 5.51. The Labute approximate surface area is 183 Å². The standard InChI is InChI=1S/C28H26N2O/c31-28(30-25-15-14-21-8-4-5-9-24(21)18-25)27-19-29-17-16-26(27)23-12-10-22(11-13-23)20-6-2-1-3-7-20/h1-15,18,26-27,29H,16-17,19H2,(H,30,31). The lowest BCUT2D eigenvalue weighted by Gasteiger charge is -2.31. The molecule has 1 amide bonds. The molecule has 1 aliphatic heterocycles. The van der Waals surface area contributed by atoms with Gasteiger partial charge >= 0.3 is 0 Å². The van der Waals surface area contributed by atoms with E-state index in [1.807, 2.05) is 30.3 Å². The van der Waals surface area contributed by atoms with Crippen LogP contribution >= 0.6 is 0 Å². The average molecular weight is 407 g/mol. The molecular weight excluding hydrogens is 380 g/mol. The van der Waals surface area contributed by atoms with Crippen LogP contribution in [-0.4, -0.2) is 19.0 Å². The lowest BCUT2D eigenvalue weighted by atomic mass is 9.80. The van der Waals surface area contributed by atoms with Crippen LogP contribution in [0.3, 0.4) is 0 Å². The third-order valence-corrected chi connectivity index (χ3v) is 6.28. The van der Waals surface area contributed by atoms with Crippen molar-refractivity contribution in [3.63, 3.8) is 0 Å². The molecule has 4 aromatic carbocycles. The van der Waals surface area contributed by atoms with E-state index in [0.29, 0.717) is 6.54 Å². The highest BCUT2D eigenvalue weighted by Crippen LogP contribution is 2.33. The molecule has 0 radical (unpaired) electrons. The third-order valence-electron chi connectivity index (χ3n) is 6.28. The van der Waals surface area contributed by atoms with Gasteiger partial charge in [-0.2, -0.15) is 0 Å². The first-order valence-corrected chi connectivity index (χ1v) is 10.9. The zero-order chi connectivity index (χ0) is 21.0. The van der Waals surface area contributed by atoms with E-state index in [1.54, 1.807) is 0 Å². The van der Waals surface area contributed by atoms with Crippen LogP contribution in [-0.2, 0) is 4.79 Å². The van der Waals surface area contributed by atoms with Crippen LogP contribution < -0.4 is 10.6 Å². The number of fused-ring (bicyclic) bond motifs is 1. The van der Waals surface area contributed by atoms with Gasteiger partial charge in [0, 0.05) is 12.2 Å². The minimum Gasteiger partial charge on any atom is -0.326 e. The highest BCUT2D eigenvalue weighted by atomic mass is 16.1. The molecule has 1 saturated heterocycles. The van der Waals surface area contributed by atoms with Gasteiger partial charge in [-0.3, -0.25) is 4.79 Å². The summed E-state index contributed by atoms with van der Waals surface area (Å²) in [5.74, 6) is 0.203. The van der Waals surface area contributed by atoms with Gasteiger partial charge < -0.3 is 10.6 Å². The van der Waals surface area contributed by atoms with Gasteiger partial charge in [-0.15, -0.1) is 0 Å². The zero-order valence-corrected chi connectivity index (χ0v) is 17.4. The van der Waals surface area contributed by atoms with Crippen LogP contribution in [0.25, 0.3) is 21.9 Å². The van der Waals surface area contributed by atoms with E-state index in [4.69, 9.17) is 0 Å². The van der Waals surface area contributed by atoms with Gasteiger partial charge in [-0.25, -0.2) is 0 Å². The lowest BCUT2D eigenvalue weighted by molar-refractivity contribution is -0.120. The van der Waals surface area contributed by atoms with E-state index >= 15 is 0 Å². The van der Waals surface area contributed by atoms with Crippen LogP contribution in [0.2, 0.25) is 0 Å². The molecular formula is C28H26N2O. The molecule has 2 atom stereocenters. The summed E-state index contributed by atoms with van der Waals surface area (Å²) in [5, 5.41) is 8.88. The summed E-state index contributed by atoms with van der Waals surface area (Å²) in [7, 11) is 0. The zero-order valence-electron chi connectivity index (χ0n) is 17.4. The van der Waals surface area contributed by atoms with Crippen molar-refractivity contribution in [1.29, 1.82) is 0 Å². The molecule has 154 valence electrons. The summed E-state index contributed by atoms with van der Waals surface area (Å²) >= 11 is 0.